The van der Waals surface area contributed by atoms with Gasteiger partial charge in [-0.05, 0) is 24.8 Å². The van der Waals surface area contributed by atoms with Crippen molar-refractivity contribution in [3.63, 3.8) is 0 Å². The van der Waals surface area contributed by atoms with Gasteiger partial charge in [0.15, 0.2) is 5.78 Å². The first-order chi connectivity index (χ1) is 10.1. The molecule has 5 nitrogen and oxygen atoms in total. The van der Waals surface area contributed by atoms with E-state index in [1.54, 1.807) is 11.8 Å². The van der Waals surface area contributed by atoms with E-state index >= 15 is 0 Å². The zero-order valence-corrected chi connectivity index (χ0v) is 13.4. The second-order valence-corrected chi connectivity index (χ2v) is 6.33. The topological polar surface area (TPSA) is 70.1 Å². The van der Waals surface area contributed by atoms with E-state index in [0.29, 0.717) is 36.8 Å². The van der Waals surface area contributed by atoms with Crippen molar-refractivity contribution in [3.8, 4) is 0 Å². The second-order valence-electron chi connectivity index (χ2n) is 5.92. The predicted molar refractivity (Wildman–Crippen MR) is 82.6 cm³/mol. The Bertz CT molecular complexity index is 481. The SMILES string of the molecule is COCCn1ncc(Cl)c1C(=O)CC1(CN)CCCCC1. The van der Waals surface area contributed by atoms with E-state index in [0.717, 1.165) is 25.7 Å². The second kappa shape index (κ2) is 7.38. The molecule has 21 heavy (non-hydrogen) atoms. The maximum Gasteiger partial charge on any atom is 0.182 e. The number of ketones is 1. The number of methoxy groups -OCH3 is 1. The molecule has 0 saturated heterocycles. The van der Waals surface area contributed by atoms with Gasteiger partial charge in [0, 0.05) is 13.5 Å². The van der Waals surface area contributed by atoms with Crippen LogP contribution in [0.5, 0.6) is 0 Å². The van der Waals surface area contributed by atoms with E-state index in [2.05, 4.69) is 5.10 Å². The van der Waals surface area contributed by atoms with E-state index in [1.807, 2.05) is 0 Å². The average Bonchev–Trinajstić information content (AvgIpc) is 2.87. The first kappa shape index (κ1) is 16.5. The lowest BCUT2D eigenvalue weighted by atomic mass is 9.71. The molecule has 2 rings (SSSR count). The molecule has 0 unspecified atom stereocenters. The lowest BCUT2D eigenvalue weighted by Gasteiger charge is -2.35. The Morgan fingerprint density at radius 1 is 1.48 bits per heavy atom. The molecule has 0 atom stereocenters. The quantitative estimate of drug-likeness (QED) is 0.786. The Labute approximate surface area is 130 Å². The predicted octanol–water partition coefficient (Wildman–Crippen LogP) is 2.66. The molecule has 1 aliphatic carbocycles. The number of hydrogen-bond donors (Lipinski definition) is 1. The summed E-state index contributed by atoms with van der Waals surface area (Å²) in [6, 6.07) is 0. The van der Waals surface area contributed by atoms with Crippen molar-refractivity contribution < 1.29 is 9.53 Å². The molecule has 1 aromatic heterocycles. The number of nitrogens with two attached hydrogens (primary N) is 1. The maximum atomic E-state index is 12.7. The van der Waals surface area contributed by atoms with Gasteiger partial charge in [-0.15, -0.1) is 0 Å². The minimum Gasteiger partial charge on any atom is -0.383 e. The van der Waals surface area contributed by atoms with Crippen LogP contribution in [-0.2, 0) is 11.3 Å². The molecule has 1 aliphatic rings. The minimum atomic E-state index is -0.0605. The van der Waals surface area contributed by atoms with Gasteiger partial charge in [0.1, 0.15) is 5.69 Å². The van der Waals surface area contributed by atoms with Crippen molar-refractivity contribution in [2.24, 2.45) is 11.1 Å². The zero-order chi connectivity index (χ0) is 15.3. The van der Waals surface area contributed by atoms with Gasteiger partial charge in [-0.1, -0.05) is 30.9 Å². The molecule has 2 N–H and O–H groups in total. The Kier molecular flexibility index (Phi) is 5.79. The lowest BCUT2D eigenvalue weighted by molar-refractivity contribution is 0.0854. The summed E-state index contributed by atoms with van der Waals surface area (Å²) >= 11 is 6.15. The van der Waals surface area contributed by atoms with E-state index in [4.69, 9.17) is 22.1 Å². The van der Waals surface area contributed by atoms with Crippen molar-refractivity contribution in [3.05, 3.63) is 16.9 Å². The summed E-state index contributed by atoms with van der Waals surface area (Å²) < 4.78 is 6.69. The van der Waals surface area contributed by atoms with E-state index in [1.165, 1.54) is 12.6 Å². The molecular weight excluding hydrogens is 290 g/mol. The molecule has 0 aliphatic heterocycles. The summed E-state index contributed by atoms with van der Waals surface area (Å²) in [4.78, 5) is 12.7. The number of nitrogens with zero attached hydrogens (tertiary/aromatic N) is 2. The fourth-order valence-corrected chi connectivity index (χ4v) is 3.41. The summed E-state index contributed by atoms with van der Waals surface area (Å²) in [6.45, 7) is 1.59. The highest BCUT2D eigenvalue weighted by molar-refractivity contribution is 6.33. The van der Waals surface area contributed by atoms with E-state index in [9.17, 15) is 4.79 Å². The van der Waals surface area contributed by atoms with Crippen LogP contribution in [0.4, 0.5) is 0 Å². The Morgan fingerprint density at radius 3 is 2.81 bits per heavy atom. The van der Waals surface area contributed by atoms with Crippen molar-refractivity contribution in [1.82, 2.24) is 9.78 Å². The van der Waals surface area contributed by atoms with Crippen molar-refractivity contribution in [2.75, 3.05) is 20.3 Å². The van der Waals surface area contributed by atoms with E-state index < -0.39 is 0 Å². The van der Waals surface area contributed by atoms with Gasteiger partial charge in [-0.2, -0.15) is 5.10 Å². The molecule has 118 valence electrons. The van der Waals surface area contributed by atoms with Crippen LogP contribution in [0.2, 0.25) is 5.02 Å². The fraction of sp³-hybridized carbons (Fsp3) is 0.733. The smallest absolute Gasteiger partial charge is 0.182 e. The van der Waals surface area contributed by atoms with Crippen molar-refractivity contribution in [2.45, 2.75) is 45.1 Å². The van der Waals surface area contributed by atoms with Gasteiger partial charge >= 0.3 is 0 Å². The summed E-state index contributed by atoms with van der Waals surface area (Å²) in [6.07, 6.45) is 7.59. The molecule has 1 heterocycles. The summed E-state index contributed by atoms with van der Waals surface area (Å²) in [7, 11) is 1.62. The normalized spacial score (nSPS) is 17.9. The third-order valence-corrected chi connectivity index (χ3v) is 4.73. The van der Waals surface area contributed by atoms with Crippen LogP contribution in [0.3, 0.4) is 0 Å². The summed E-state index contributed by atoms with van der Waals surface area (Å²) in [5, 5.41) is 4.58. The largest absolute Gasteiger partial charge is 0.383 e. The number of aromatic nitrogens is 2. The number of rotatable bonds is 7. The summed E-state index contributed by atoms with van der Waals surface area (Å²) in [5.41, 5.74) is 6.40. The highest BCUT2D eigenvalue weighted by Gasteiger charge is 2.34. The van der Waals surface area contributed by atoms with Crippen LogP contribution >= 0.6 is 11.6 Å². The molecule has 0 radical (unpaired) electrons. The Balaban J connectivity index is 2.13. The number of halogens is 1. The van der Waals surface area contributed by atoms with Gasteiger partial charge in [0.2, 0.25) is 0 Å². The van der Waals surface area contributed by atoms with Crippen molar-refractivity contribution >= 4 is 17.4 Å². The number of Topliss-reactive ketones (excluding diaryl/α,β-unsaturated/α-hetero) is 1. The van der Waals surface area contributed by atoms with Gasteiger partial charge in [-0.3, -0.25) is 9.48 Å². The van der Waals surface area contributed by atoms with Gasteiger partial charge in [0.25, 0.3) is 0 Å². The Hall–Kier alpha value is -0.910. The molecule has 1 aromatic rings. The van der Waals surface area contributed by atoms with Gasteiger partial charge < -0.3 is 10.5 Å². The van der Waals surface area contributed by atoms with Crippen LogP contribution in [-0.4, -0.2) is 35.8 Å². The molecule has 1 fully saturated rings. The summed E-state index contributed by atoms with van der Waals surface area (Å²) in [5.74, 6) is 0.0425. The monoisotopic (exact) mass is 313 g/mol. The molecule has 6 heteroatoms. The average molecular weight is 314 g/mol. The van der Waals surface area contributed by atoms with Crippen LogP contribution in [0.25, 0.3) is 0 Å². The molecule has 0 aromatic carbocycles. The van der Waals surface area contributed by atoms with Crippen LogP contribution in [0.15, 0.2) is 6.20 Å². The molecular formula is C15H24ClN3O2. The van der Waals surface area contributed by atoms with Gasteiger partial charge in [-0.25, -0.2) is 0 Å². The standard InChI is InChI=1S/C15H24ClN3O2/c1-21-8-7-19-14(12(16)10-18-19)13(20)9-15(11-17)5-3-2-4-6-15/h10H,2-9,11,17H2,1H3. The Morgan fingerprint density at radius 2 is 2.19 bits per heavy atom. The maximum absolute atomic E-state index is 12.7. The third kappa shape index (κ3) is 3.84. The minimum absolute atomic E-state index is 0.0425. The van der Waals surface area contributed by atoms with Gasteiger partial charge in [0.05, 0.1) is 24.4 Å². The molecule has 1 saturated carbocycles. The first-order valence-corrected chi connectivity index (χ1v) is 7.93. The molecule has 0 bridgehead atoms. The fourth-order valence-electron chi connectivity index (χ4n) is 3.17. The number of carbonyl (C=O) groups is 1. The highest BCUT2D eigenvalue weighted by atomic mass is 35.5. The molecule has 0 spiro atoms. The van der Waals surface area contributed by atoms with Crippen LogP contribution in [0.1, 0.15) is 49.0 Å². The first-order valence-electron chi connectivity index (χ1n) is 7.55. The van der Waals surface area contributed by atoms with Crippen LogP contribution < -0.4 is 5.73 Å². The zero-order valence-electron chi connectivity index (χ0n) is 12.6. The van der Waals surface area contributed by atoms with Crippen molar-refractivity contribution in [1.29, 1.82) is 0 Å². The third-order valence-electron chi connectivity index (χ3n) is 4.45. The van der Waals surface area contributed by atoms with Crippen LogP contribution in [0, 0.1) is 5.41 Å². The number of ether oxygens (including phenoxy) is 1. The molecule has 0 amide bonds. The number of hydrogen-bond acceptors (Lipinski definition) is 4. The highest BCUT2D eigenvalue weighted by Crippen LogP contribution is 2.39. The van der Waals surface area contributed by atoms with E-state index in [-0.39, 0.29) is 11.2 Å². The number of carbonyl (C=O) groups excluding carboxylic acids is 1. The lowest BCUT2D eigenvalue weighted by Crippen LogP contribution is -2.35.